The summed E-state index contributed by atoms with van der Waals surface area (Å²) in [6.07, 6.45) is 1.15. The first-order valence-corrected chi connectivity index (χ1v) is 12.1. The summed E-state index contributed by atoms with van der Waals surface area (Å²) in [4.78, 5) is 50.9. The molecule has 1 fully saturated rings. The van der Waals surface area contributed by atoms with Crippen molar-refractivity contribution in [2.45, 2.75) is 24.0 Å². The van der Waals surface area contributed by atoms with Crippen LogP contribution in [0, 0.1) is 12.3 Å². The number of hydrogen-bond donors (Lipinski definition) is 7. The first-order chi connectivity index (χ1) is 14.0. The Morgan fingerprint density at radius 3 is 2.39 bits per heavy atom. The molecule has 1 aliphatic heterocycles. The van der Waals surface area contributed by atoms with Crippen LogP contribution in [-0.2, 0) is 31.6 Å². The quantitative estimate of drug-likeness (QED) is 0.138. The number of aliphatic hydroxyl groups is 1. The zero-order valence-electron chi connectivity index (χ0n) is 14.9. The molecule has 2 heterocycles. The van der Waals surface area contributed by atoms with Crippen molar-refractivity contribution in [3.63, 3.8) is 0 Å². The lowest BCUT2D eigenvalue weighted by molar-refractivity contribution is -0.0519. The number of nitrogen functional groups attached to an aromatic ring is 1. The summed E-state index contributed by atoms with van der Waals surface area (Å²) < 4.78 is 51.0. The van der Waals surface area contributed by atoms with Gasteiger partial charge in [0, 0.05) is 0 Å². The average molecular weight is 507 g/mol. The van der Waals surface area contributed by atoms with Crippen LogP contribution in [0.3, 0.4) is 0 Å². The number of nitrogens with two attached hydrogens (primary N) is 2. The SMILES string of the molecule is C#CC1(N)[C@@H](O)[C@@H](COP(=O)(O)OP(=O)(O)OP(=O)(O)O)O[C@H]1n1ncc(N)nc1=O. The van der Waals surface area contributed by atoms with Crippen LogP contribution in [0.4, 0.5) is 5.82 Å². The summed E-state index contributed by atoms with van der Waals surface area (Å²) in [6.45, 7) is -1.07. The van der Waals surface area contributed by atoms with E-state index in [1.54, 1.807) is 0 Å². The third-order valence-corrected chi connectivity index (χ3v) is 7.38. The monoisotopic (exact) mass is 507 g/mol. The number of aromatic nitrogens is 3. The lowest BCUT2D eigenvalue weighted by Crippen LogP contribution is -2.55. The van der Waals surface area contributed by atoms with E-state index in [0.29, 0.717) is 4.68 Å². The van der Waals surface area contributed by atoms with Gasteiger partial charge in [-0.25, -0.2) is 18.5 Å². The molecule has 0 spiro atoms. The van der Waals surface area contributed by atoms with Gasteiger partial charge in [-0.1, -0.05) is 5.92 Å². The van der Waals surface area contributed by atoms with Crippen molar-refractivity contribution >= 4 is 29.3 Å². The van der Waals surface area contributed by atoms with E-state index in [1.807, 2.05) is 5.92 Å². The Morgan fingerprint density at radius 1 is 1.26 bits per heavy atom. The van der Waals surface area contributed by atoms with E-state index in [1.165, 1.54) is 0 Å². The van der Waals surface area contributed by atoms with Crippen LogP contribution < -0.4 is 17.2 Å². The molecule has 174 valence electrons. The van der Waals surface area contributed by atoms with Gasteiger partial charge in [0.25, 0.3) is 0 Å². The van der Waals surface area contributed by atoms with Gasteiger partial charge in [-0.2, -0.15) is 23.4 Å². The molecule has 0 radical (unpaired) electrons. The number of hydrogen-bond acceptors (Lipinski definition) is 13. The Morgan fingerprint density at radius 2 is 1.87 bits per heavy atom. The molecular weight excluding hydrogens is 491 g/mol. The largest absolute Gasteiger partial charge is 0.490 e. The van der Waals surface area contributed by atoms with Gasteiger partial charge in [-0.15, -0.1) is 6.42 Å². The molecule has 18 nitrogen and oxygen atoms in total. The first kappa shape index (κ1) is 25.7. The van der Waals surface area contributed by atoms with E-state index in [9.17, 15) is 28.5 Å². The Bertz CT molecular complexity index is 1080. The van der Waals surface area contributed by atoms with E-state index in [2.05, 4.69) is 23.2 Å². The Labute approximate surface area is 172 Å². The number of ether oxygens (including phenoxy) is 1. The van der Waals surface area contributed by atoms with Crippen LogP contribution in [0.5, 0.6) is 0 Å². The maximum absolute atomic E-state index is 12.0. The second-order valence-electron chi connectivity index (χ2n) is 5.84. The summed E-state index contributed by atoms with van der Waals surface area (Å²) in [5.41, 5.74) is 8.04. The van der Waals surface area contributed by atoms with Gasteiger partial charge in [0.15, 0.2) is 11.8 Å². The van der Waals surface area contributed by atoms with Gasteiger partial charge in [0.1, 0.15) is 18.0 Å². The molecule has 0 aliphatic carbocycles. The summed E-state index contributed by atoms with van der Waals surface area (Å²) in [6, 6.07) is 0. The third kappa shape index (κ3) is 6.25. The summed E-state index contributed by atoms with van der Waals surface area (Å²) in [7, 11) is -16.8. The highest BCUT2D eigenvalue weighted by Gasteiger charge is 2.55. The normalized spacial score (nSPS) is 30.3. The van der Waals surface area contributed by atoms with Gasteiger partial charge in [0.2, 0.25) is 0 Å². The molecule has 2 rings (SSSR count). The van der Waals surface area contributed by atoms with Crippen LogP contribution >= 0.6 is 23.5 Å². The summed E-state index contributed by atoms with van der Waals surface area (Å²) in [5.74, 6) is 1.76. The van der Waals surface area contributed by atoms with E-state index in [4.69, 9.17) is 37.3 Å². The Balaban J connectivity index is 2.18. The van der Waals surface area contributed by atoms with Crippen molar-refractivity contribution in [1.29, 1.82) is 0 Å². The van der Waals surface area contributed by atoms with Crippen LogP contribution in [0.25, 0.3) is 0 Å². The molecule has 1 aromatic heterocycles. The number of phosphoric ester groups is 1. The Hall–Kier alpha value is -1.54. The summed E-state index contributed by atoms with van der Waals surface area (Å²) >= 11 is 0. The number of nitrogens with zero attached hydrogens (tertiary/aromatic N) is 3. The fourth-order valence-corrected chi connectivity index (χ4v) is 5.38. The standard InChI is InChI=1S/C10H16N5O13P3/c1-2-10(12)7(16)5(26-8(10)15-9(17)14-6(11)3-13-15)4-25-30(21,22)28-31(23,24)27-29(18,19)20/h1,3,5,7-8,16H,4,12H2,(H,21,22)(H,23,24)(H2,11,14,17)(H2,18,19,20)/t5-,7+,8-,10?/m1/s1. The van der Waals surface area contributed by atoms with Crippen molar-refractivity contribution in [3.05, 3.63) is 16.7 Å². The second-order valence-corrected chi connectivity index (χ2v) is 10.3. The predicted molar refractivity (Wildman–Crippen MR) is 96.2 cm³/mol. The van der Waals surface area contributed by atoms with Gasteiger partial charge >= 0.3 is 29.2 Å². The van der Waals surface area contributed by atoms with Gasteiger partial charge in [-0.05, 0) is 0 Å². The number of terminal acetylenes is 1. The fourth-order valence-electron chi connectivity index (χ4n) is 2.35. The predicted octanol–water partition coefficient (Wildman–Crippen LogP) is -2.85. The van der Waals surface area contributed by atoms with Gasteiger partial charge in [0.05, 0.1) is 12.8 Å². The number of anilines is 1. The molecule has 6 atom stereocenters. The molecule has 0 amide bonds. The van der Waals surface area contributed by atoms with Crippen LogP contribution in [-0.4, -0.2) is 63.8 Å². The lowest BCUT2D eigenvalue weighted by Gasteiger charge is -2.26. The molecule has 1 saturated heterocycles. The molecule has 21 heteroatoms. The van der Waals surface area contributed by atoms with E-state index in [0.717, 1.165) is 6.20 Å². The third-order valence-electron chi connectivity index (χ3n) is 3.58. The fraction of sp³-hybridized carbons (Fsp3) is 0.500. The highest BCUT2D eigenvalue weighted by molar-refractivity contribution is 7.66. The van der Waals surface area contributed by atoms with Crippen molar-refractivity contribution < 1.29 is 56.3 Å². The molecule has 0 aromatic carbocycles. The topological polar surface area (TPSA) is 289 Å². The molecule has 3 unspecified atom stereocenters. The maximum Gasteiger partial charge on any atom is 0.490 e. The van der Waals surface area contributed by atoms with Gasteiger partial charge < -0.3 is 40.9 Å². The minimum Gasteiger partial charge on any atom is -0.387 e. The minimum absolute atomic E-state index is 0.243. The molecule has 1 aromatic rings. The zero-order chi connectivity index (χ0) is 23.8. The number of aliphatic hydroxyl groups excluding tert-OH is 1. The van der Waals surface area contributed by atoms with Crippen molar-refractivity contribution in [3.8, 4) is 12.3 Å². The maximum atomic E-state index is 12.0. The van der Waals surface area contributed by atoms with Crippen LogP contribution in [0.1, 0.15) is 6.23 Å². The van der Waals surface area contributed by atoms with E-state index < -0.39 is 59.7 Å². The molecular formula is C10H16N5O13P3. The van der Waals surface area contributed by atoms with E-state index in [-0.39, 0.29) is 5.82 Å². The highest BCUT2D eigenvalue weighted by Crippen LogP contribution is 2.66. The second kappa shape index (κ2) is 8.77. The Kier molecular flexibility index (Phi) is 7.28. The highest BCUT2D eigenvalue weighted by atomic mass is 31.3. The molecule has 0 saturated carbocycles. The summed E-state index contributed by atoms with van der Waals surface area (Å²) in [5, 5.41) is 14.0. The lowest BCUT2D eigenvalue weighted by atomic mass is 9.92. The van der Waals surface area contributed by atoms with Crippen LogP contribution in [0.15, 0.2) is 11.0 Å². The smallest absolute Gasteiger partial charge is 0.387 e. The molecule has 1 aliphatic rings. The van der Waals surface area contributed by atoms with E-state index >= 15 is 0 Å². The zero-order valence-corrected chi connectivity index (χ0v) is 17.6. The number of phosphoric acid groups is 3. The molecule has 9 N–H and O–H groups in total. The average Bonchev–Trinajstić information content (AvgIpc) is 2.82. The van der Waals surface area contributed by atoms with Crippen molar-refractivity contribution in [2.24, 2.45) is 5.73 Å². The molecule has 0 bridgehead atoms. The van der Waals surface area contributed by atoms with Crippen molar-refractivity contribution in [1.82, 2.24) is 14.8 Å². The first-order valence-electron chi connectivity index (χ1n) is 7.59. The molecule has 31 heavy (non-hydrogen) atoms. The van der Waals surface area contributed by atoms with Gasteiger partial charge in [-0.3, -0.25) is 4.52 Å². The minimum atomic E-state index is -5.75. The van der Waals surface area contributed by atoms with Crippen LogP contribution in [0.2, 0.25) is 0 Å². The number of rotatable bonds is 8. The van der Waals surface area contributed by atoms with Crippen molar-refractivity contribution in [2.75, 3.05) is 12.3 Å².